The van der Waals surface area contributed by atoms with Crippen LogP contribution in [0.15, 0.2) is 16.7 Å². The van der Waals surface area contributed by atoms with Crippen molar-refractivity contribution in [2.45, 2.75) is 39.7 Å². The molecule has 0 saturated carbocycles. The van der Waals surface area contributed by atoms with Crippen molar-refractivity contribution in [1.29, 1.82) is 0 Å². The Hall–Kier alpha value is -1.79. The van der Waals surface area contributed by atoms with Crippen molar-refractivity contribution >= 4 is 18.3 Å². The highest BCUT2D eigenvalue weighted by atomic mass is 35.5. The molecule has 1 unspecified atom stereocenters. The molecule has 1 aliphatic rings. The molecule has 132 valence electrons. The molecule has 0 aromatic carbocycles. The first-order valence-corrected chi connectivity index (χ1v) is 8.11. The zero-order chi connectivity index (χ0) is 16.6. The van der Waals surface area contributed by atoms with Crippen LogP contribution in [-0.2, 0) is 0 Å². The zero-order valence-electron chi connectivity index (χ0n) is 14.6. The number of rotatable bonds is 4. The van der Waals surface area contributed by atoms with Crippen molar-refractivity contribution in [3.05, 3.63) is 34.8 Å². The normalized spacial score (nSPS) is 17.2. The number of hydrogen-bond donors (Lipinski definition) is 1. The molecule has 7 heteroatoms. The van der Waals surface area contributed by atoms with Gasteiger partial charge in [0.25, 0.3) is 5.91 Å². The van der Waals surface area contributed by atoms with Crippen molar-refractivity contribution in [3.63, 3.8) is 0 Å². The Labute approximate surface area is 148 Å². The molecule has 1 atom stereocenters. The van der Waals surface area contributed by atoms with Crippen LogP contribution >= 0.6 is 12.4 Å². The number of aryl methyl sites for hydroxylation is 2. The van der Waals surface area contributed by atoms with Crippen molar-refractivity contribution in [1.82, 2.24) is 19.9 Å². The number of carbonyl (C=O) groups excluding carboxylic acids is 1. The number of carbonyl (C=O) groups is 1. The van der Waals surface area contributed by atoms with Gasteiger partial charge in [0.2, 0.25) is 0 Å². The number of halogens is 1. The lowest BCUT2D eigenvalue weighted by molar-refractivity contribution is 0.0736. The third-order valence-corrected chi connectivity index (χ3v) is 4.58. The summed E-state index contributed by atoms with van der Waals surface area (Å²) in [6.45, 7) is 7.49. The molecule has 3 heterocycles. The van der Waals surface area contributed by atoms with Gasteiger partial charge in [0.05, 0.1) is 5.56 Å². The molecule has 2 aromatic heterocycles. The Kier molecular flexibility index (Phi) is 5.72. The number of likely N-dealkylation sites (tertiary alicyclic amines) is 1. The number of amides is 1. The molecular formula is C17H25ClN4O2. The second-order valence-electron chi connectivity index (χ2n) is 6.27. The van der Waals surface area contributed by atoms with Crippen LogP contribution in [0, 0.1) is 20.8 Å². The van der Waals surface area contributed by atoms with Crippen LogP contribution in [0.25, 0.3) is 5.82 Å². The van der Waals surface area contributed by atoms with E-state index in [1.54, 1.807) is 0 Å². The lowest BCUT2D eigenvalue weighted by atomic mass is 10.2. The average Bonchev–Trinajstić information content (AvgIpc) is 3.19. The van der Waals surface area contributed by atoms with Gasteiger partial charge in [-0.2, -0.15) is 0 Å². The van der Waals surface area contributed by atoms with Crippen LogP contribution in [0.3, 0.4) is 0 Å². The van der Waals surface area contributed by atoms with Crippen molar-refractivity contribution in [2.75, 3.05) is 20.1 Å². The SMILES string of the molecule is CNCC1CCCN1C(=O)c1cc(C)n(-c2cc(C)on2)c1C.Cl. The highest BCUT2D eigenvalue weighted by Gasteiger charge is 2.31. The number of hydrogen-bond acceptors (Lipinski definition) is 4. The van der Waals surface area contributed by atoms with E-state index in [4.69, 9.17) is 4.52 Å². The van der Waals surface area contributed by atoms with Crippen molar-refractivity contribution in [3.8, 4) is 5.82 Å². The van der Waals surface area contributed by atoms with E-state index in [1.807, 2.05) is 49.4 Å². The van der Waals surface area contributed by atoms with E-state index in [9.17, 15) is 4.79 Å². The minimum Gasteiger partial charge on any atom is -0.360 e. The van der Waals surface area contributed by atoms with Crippen molar-refractivity contribution < 1.29 is 9.32 Å². The van der Waals surface area contributed by atoms with E-state index in [2.05, 4.69) is 10.5 Å². The van der Waals surface area contributed by atoms with Gasteiger partial charge in [0, 0.05) is 36.6 Å². The largest absolute Gasteiger partial charge is 0.360 e. The van der Waals surface area contributed by atoms with Gasteiger partial charge in [-0.05, 0) is 46.7 Å². The summed E-state index contributed by atoms with van der Waals surface area (Å²) in [7, 11) is 1.93. The van der Waals surface area contributed by atoms with Crippen LogP contribution < -0.4 is 5.32 Å². The average molecular weight is 353 g/mol. The van der Waals surface area contributed by atoms with E-state index >= 15 is 0 Å². The molecule has 6 nitrogen and oxygen atoms in total. The summed E-state index contributed by atoms with van der Waals surface area (Å²) in [5, 5.41) is 7.26. The highest BCUT2D eigenvalue weighted by Crippen LogP contribution is 2.25. The predicted octanol–water partition coefficient (Wildman–Crippen LogP) is 2.64. The van der Waals surface area contributed by atoms with Gasteiger partial charge < -0.3 is 14.7 Å². The Morgan fingerprint density at radius 2 is 2.12 bits per heavy atom. The van der Waals surface area contributed by atoms with Crippen LogP contribution in [0.2, 0.25) is 0 Å². The summed E-state index contributed by atoms with van der Waals surface area (Å²) < 4.78 is 7.15. The number of likely N-dealkylation sites (N-methyl/N-ethyl adjacent to an activating group) is 1. The van der Waals surface area contributed by atoms with Gasteiger partial charge in [-0.3, -0.25) is 9.36 Å². The molecule has 1 aliphatic heterocycles. The predicted molar refractivity (Wildman–Crippen MR) is 95.3 cm³/mol. The topological polar surface area (TPSA) is 63.3 Å². The maximum Gasteiger partial charge on any atom is 0.255 e. The first kappa shape index (κ1) is 18.5. The van der Waals surface area contributed by atoms with E-state index < -0.39 is 0 Å². The maximum absolute atomic E-state index is 13.0. The maximum atomic E-state index is 13.0. The first-order valence-electron chi connectivity index (χ1n) is 8.11. The number of nitrogens with one attached hydrogen (secondary N) is 1. The Morgan fingerprint density at radius 1 is 1.38 bits per heavy atom. The Bertz CT molecular complexity index is 722. The molecule has 3 rings (SSSR count). The van der Waals surface area contributed by atoms with Gasteiger partial charge in [-0.1, -0.05) is 5.16 Å². The molecular weight excluding hydrogens is 328 g/mol. The molecule has 24 heavy (non-hydrogen) atoms. The van der Waals surface area contributed by atoms with Crippen LogP contribution in [-0.4, -0.2) is 46.7 Å². The van der Waals surface area contributed by atoms with Gasteiger partial charge in [-0.25, -0.2) is 0 Å². The monoisotopic (exact) mass is 352 g/mol. The fourth-order valence-electron chi connectivity index (χ4n) is 3.50. The quantitative estimate of drug-likeness (QED) is 0.918. The van der Waals surface area contributed by atoms with E-state index in [1.165, 1.54) is 0 Å². The van der Waals surface area contributed by atoms with Crippen LogP contribution in [0.4, 0.5) is 0 Å². The van der Waals surface area contributed by atoms with Crippen LogP contribution in [0.1, 0.15) is 40.3 Å². The third-order valence-electron chi connectivity index (χ3n) is 4.58. The minimum absolute atomic E-state index is 0. The molecule has 1 fully saturated rings. The van der Waals surface area contributed by atoms with Crippen molar-refractivity contribution in [2.24, 2.45) is 0 Å². The summed E-state index contributed by atoms with van der Waals surface area (Å²) in [4.78, 5) is 15.0. The van der Waals surface area contributed by atoms with Gasteiger partial charge in [0.15, 0.2) is 5.82 Å². The zero-order valence-corrected chi connectivity index (χ0v) is 15.4. The van der Waals surface area contributed by atoms with E-state index in [-0.39, 0.29) is 24.4 Å². The summed E-state index contributed by atoms with van der Waals surface area (Å²) in [5.41, 5.74) is 2.66. The summed E-state index contributed by atoms with van der Waals surface area (Å²) >= 11 is 0. The molecule has 0 bridgehead atoms. The number of nitrogens with zero attached hydrogens (tertiary/aromatic N) is 3. The second-order valence-corrected chi connectivity index (χ2v) is 6.27. The molecule has 1 saturated heterocycles. The van der Waals surface area contributed by atoms with E-state index in [0.29, 0.717) is 0 Å². The fourth-order valence-corrected chi connectivity index (χ4v) is 3.50. The molecule has 1 amide bonds. The smallest absolute Gasteiger partial charge is 0.255 e. The van der Waals surface area contributed by atoms with Gasteiger partial charge >= 0.3 is 0 Å². The summed E-state index contributed by atoms with van der Waals surface area (Å²) in [6, 6.07) is 4.12. The highest BCUT2D eigenvalue weighted by molar-refractivity contribution is 5.96. The Morgan fingerprint density at radius 3 is 2.75 bits per heavy atom. The first-order chi connectivity index (χ1) is 11.0. The standard InChI is InChI=1S/C17H24N4O2.ClH/c1-11-8-15(13(3)21(11)16-9-12(2)23-19-16)17(22)20-7-5-6-14(20)10-18-4;/h8-9,14,18H,5-7,10H2,1-4H3;1H. The molecule has 0 spiro atoms. The minimum atomic E-state index is 0. The second kappa shape index (κ2) is 7.40. The van der Waals surface area contributed by atoms with Gasteiger partial charge in [-0.15, -0.1) is 12.4 Å². The van der Waals surface area contributed by atoms with E-state index in [0.717, 1.165) is 54.5 Å². The summed E-state index contributed by atoms with van der Waals surface area (Å²) in [5.74, 6) is 1.60. The molecule has 1 N–H and O–H groups in total. The third kappa shape index (κ3) is 3.21. The molecule has 2 aromatic rings. The number of aromatic nitrogens is 2. The lowest BCUT2D eigenvalue weighted by Crippen LogP contribution is -2.41. The van der Waals surface area contributed by atoms with Gasteiger partial charge in [0.1, 0.15) is 5.76 Å². The molecule has 0 aliphatic carbocycles. The molecule has 0 radical (unpaired) electrons. The summed E-state index contributed by atoms with van der Waals surface area (Å²) in [6.07, 6.45) is 2.13. The lowest BCUT2D eigenvalue weighted by Gasteiger charge is -2.24. The fraction of sp³-hybridized carbons (Fsp3) is 0.529. The van der Waals surface area contributed by atoms with Crippen LogP contribution in [0.5, 0.6) is 0 Å². The Balaban J connectivity index is 0.00000208.